The maximum Gasteiger partial charge on any atom is 0.252 e. The highest BCUT2D eigenvalue weighted by molar-refractivity contribution is 7.91. The van der Waals surface area contributed by atoms with Crippen molar-refractivity contribution in [2.75, 3.05) is 18.9 Å². The van der Waals surface area contributed by atoms with E-state index in [1.807, 2.05) is 0 Å². The summed E-state index contributed by atoms with van der Waals surface area (Å²) in [5.41, 5.74) is 0.521. The highest BCUT2D eigenvalue weighted by atomic mass is 35.5. The molecule has 150 valence electrons. The van der Waals surface area contributed by atoms with Gasteiger partial charge in [-0.25, -0.2) is 8.42 Å². The first-order chi connectivity index (χ1) is 13.3. The number of ether oxygens (including phenoxy) is 2. The second-order valence-electron chi connectivity index (χ2n) is 6.85. The quantitative estimate of drug-likeness (QED) is 0.763. The maximum atomic E-state index is 12.5. The number of carbonyl (C=O) groups excluding carboxylic acids is 1. The van der Waals surface area contributed by atoms with Crippen molar-refractivity contribution in [3.05, 3.63) is 34.7 Å². The van der Waals surface area contributed by atoms with Crippen molar-refractivity contribution >= 4 is 44.6 Å². The van der Waals surface area contributed by atoms with Crippen molar-refractivity contribution in [1.82, 2.24) is 4.31 Å². The number of hydrogen-bond acceptors (Lipinski definition) is 6. The van der Waals surface area contributed by atoms with Crippen molar-refractivity contribution < 1.29 is 22.7 Å². The first-order valence-electron chi connectivity index (χ1n) is 8.81. The third kappa shape index (κ3) is 3.71. The zero-order valence-electron chi connectivity index (χ0n) is 15.1. The predicted molar refractivity (Wildman–Crippen MR) is 107 cm³/mol. The number of sulfonamides is 1. The Kier molecular flexibility index (Phi) is 5.03. The SMILES string of the molecule is CN(CC(=O)Nc1ccc2c(c1)OC1(CCCC1)O2)S(=O)(=O)c1ccc(Cl)s1. The van der Waals surface area contributed by atoms with E-state index in [1.54, 1.807) is 18.2 Å². The summed E-state index contributed by atoms with van der Waals surface area (Å²) in [5, 5.41) is 2.71. The maximum absolute atomic E-state index is 12.5. The van der Waals surface area contributed by atoms with Gasteiger partial charge in [-0.15, -0.1) is 11.3 Å². The summed E-state index contributed by atoms with van der Waals surface area (Å²) in [4.78, 5) is 12.3. The highest BCUT2D eigenvalue weighted by Gasteiger charge is 2.44. The average Bonchev–Trinajstić information content (AvgIpc) is 3.35. The Morgan fingerprint density at radius 3 is 2.61 bits per heavy atom. The lowest BCUT2D eigenvalue weighted by molar-refractivity contribution is -0.116. The van der Waals surface area contributed by atoms with Gasteiger partial charge in [-0.1, -0.05) is 11.6 Å². The van der Waals surface area contributed by atoms with Gasteiger partial charge in [0.25, 0.3) is 15.8 Å². The molecule has 0 saturated heterocycles. The molecule has 0 radical (unpaired) electrons. The molecule has 4 rings (SSSR count). The van der Waals surface area contributed by atoms with Crippen LogP contribution in [0.4, 0.5) is 5.69 Å². The number of rotatable bonds is 5. The Balaban J connectivity index is 1.41. The number of thiophene rings is 1. The number of anilines is 1. The van der Waals surface area contributed by atoms with E-state index in [2.05, 4.69) is 5.32 Å². The van der Waals surface area contributed by atoms with Crippen molar-refractivity contribution in [2.45, 2.75) is 35.7 Å². The number of halogens is 1. The number of hydrogen-bond donors (Lipinski definition) is 1. The number of carbonyl (C=O) groups is 1. The Morgan fingerprint density at radius 1 is 1.21 bits per heavy atom. The molecular formula is C18H19ClN2O5S2. The number of nitrogens with one attached hydrogen (secondary N) is 1. The smallest absolute Gasteiger partial charge is 0.252 e. The fraction of sp³-hybridized carbons (Fsp3) is 0.389. The number of benzene rings is 1. The van der Waals surface area contributed by atoms with E-state index in [4.69, 9.17) is 21.1 Å². The topological polar surface area (TPSA) is 84.9 Å². The van der Waals surface area contributed by atoms with Crippen LogP contribution >= 0.6 is 22.9 Å². The molecule has 1 saturated carbocycles. The predicted octanol–water partition coefficient (Wildman–Crippen LogP) is 3.70. The largest absolute Gasteiger partial charge is 0.448 e. The standard InChI is InChI=1S/C18H19ClN2O5S2/c1-21(28(23,24)17-7-6-15(19)27-17)11-16(22)20-12-4-5-13-14(10-12)26-18(25-13)8-2-3-9-18/h4-7,10H,2-3,8-9,11H2,1H3,(H,20,22). The lowest BCUT2D eigenvalue weighted by Crippen LogP contribution is -2.34. The van der Waals surface area contributed by atoms with E-state index < -0.39 is 21.7 Å². The van der Waals surface area contributed by atoms with Crippen molar-refractivity contribution in [2.24, 2.45) is 0 Å². The molecule has 1 spiro atoms. The summed E-state index contributed by atoms with van der Waals surface area (Å²) < 4.78 is 38.4. The van der Waals surface area contributed by atoms with Crippen LogP contribution in [-0.4, -0.2) is 38.0 Å². The van der Waals surface area contributed by atoms with Crippen LogP contribution in [0.5, 0.6) is 11.5 Å². The Hall–Kier alpha value is -1.81. The molecule has 1 amide bonds. The molecule has 0 unspecified atom stereocenters. The molecule has 1 aliphatic heterocycles. The van der Waals surface area contributed by atoms with Gasteiger partial charge < -0.3 is 14.8 Å². The molecule has 10 heteroatoms. The number of amides is 1. The van der Waals surface area contributed by atoms with Gasteiger partial charge in [0.1, 0.15) is 4.21 Å². The van der Waals surface area contributed by atoms with Crippen LogP contribution in [0, 0.1) is 0 Å². The Bertz CT molecular complexity index is 1010. The first-order valence-corrected chi connectivity index (χ1v) is 11.4. The summed E-state index contributed by atoms with van der Waals surface area (Å²) >= 11 is 6.76. The third-order valence-electron chi connectivity index (χ3n) is 4.76. The molecule has 1 N–H and O–H groups in total. The first kappa shape index (κ1) is 19.5. The fourth-order valence-electron chi connectivity index (χ4n) is 3.37. The van der Waals surface area contributed by atoms with Crippen LogP contribution in [0.15, 0.2) is 34.5 Å². The van der Waals surface area contributed by atoms with Crippen molar-refractivity contribution in [3.8, 4) is 11.5 Å². The lowest BCUT2D eigenvalue weighted by atomic mass is 10.2. The zero-order chi connectivity index (χ0) is 19.9. The molecule has 0 bridgehead atoms. The van der Waals surface area contributed by atoms with Gasteiger partial charge in [-0.05, 0) is 37.1 Å². The molecule has 7 nitrogen and oxygen atoms in total. The van der Waals surface area contributed by atoms with E-state index in [1.165, 1.54) is 19.2 Å². The van der Waals surface area contributed by atoms with Gasteiger partial charge in [0.15, 0.2) is 11.5 Å². The molecule has 2 aromatic rings. The molecule has 28 heavy (non-hydrogen) atoms. The van der Waals surface area contributed by atoms with Crippen LogP contribution in [0.3, 0.4) is 0 Å². The normalized spacial score (nSPS) is 17.4. The van der Waals surface area contributed by atoms with Crippen LogP contribution in [0.1, 0.15) is 25.7 Å². The second kappa shape index (κ2) is 7.22. The molecule has 1 fully saturated rings. The molecule has 2 heterocycles. The lowest BCUT2D eigenvalue weighted by Gasteiger charge is -2.21. The minimum atomic E-state index is -3.77. The van der Waals surface area contributed by atoms with E-state index in [-0.39, 0.29) is 10.8 Å². The Labute approximate surface area is 172 Å². The summed E-state index contributed by atoms with van der Waals surface area (Å²) in [6, 6.07) is 8.10. The van der Waals surface area contributed by atoms with Gasteiger partial charge in [-0.3, -0.25) is 4.79 Å². The number of fused-ring (bicyclic) bond motifs is 1. The Morgan fingerprint density at radius 2 is 1.93 bits per heavy atom. The van der Waals surface area contributed by atoms with Crippen LogP contribution in [-0.2, 0) is 14.8 Å². The number of nitrogens with zero attached hydrogens (tertiary/aromatic N) is 1. The van der Waals surface area contributed by atoms with Crippen LogP contribution in [0.25, 0.3) is 0 Å². The molecule has 1 aliphatic carbocycles. The van der Waals surface area contributed by atoms with Crippen molar-refractivity contribution in [3.63, 3.8) is 0 Å². The van der Waals surface area contributed by atoms with Crippen LogP contribution in [0.2, 0.25) is 4.34 Å². The van der Waals surface area contributed by atoms with Crippen molar-refractivity contribution in [1.29, 1.82) is 0 Å². The van der Waals surface area contributed by atoms with E-state index in [0.29, 0.717) is 21.5 Å². The molecule has 1 aromatic carbocycles. The zero-order valence-corrected chi connectivity index (χ0v) is 17.5. The van der Waals surface area contributed by atoms with Gasteiger partial charge in [0.2, 0.25) is 5.91 Å². The minimum absolute atomic E-state index is 0.0951. The second-order valence-corrected chi connectivity index (χ2v) is 10.8. The molecular weight excluding hydrogens is 424 g/mol. The number of likely N-dealkylation sites (N-methyl/N-ethyl adjacent to an activating group) is 1. The fourth-order valence-corrected chi connectivity index (χ4v) is 6.19. The van der Waals surface area contributed by atoms with Crippen LogP contribution < -0.4 is 14.8 Å². The van der Waals surface area contributed by atoms with Gasteiger partial charge >= 0.3 is 0 Å². The van der Waals surface area contributed by atoms with Gasteiger partial charge in [-0.2, -0.15) is 4.31 Å². The highest BCUT2D eigenvalue weighted by Crippen LogP contribution is 2.47. The summed E-state index contributed by atoms with van der Waals surface area (Å²) in [6.45, 7) is -0.323. The summed E-state index contributed by atoms with van der Waals surface area (Å²) in [5.74, 6) is 0.229. The monoisotopic (exact) mass is 442 g/mol. The van der Waals surface area contributed by atoms with E-state index >= 15 is 0 Å². The van der Waals surface area contributed by atoms with Gasteiger partial charge in [0, 0.05) is 31.6 Å². The minimum Gasteiger partial charge on any atom is -0.448 e. The molecule has 0 atom stereocenters. The average molecular weight is 443 g/mol. The summed E-state index contributed by atoms with van der Waals surface area (Å²) in [6.07, 6.45) is 3.82. The van der Waals surface area contributed by atoms with E-state index in [9.17, 15) is 13.2 Å². The van der Waals surface area contributed by atoms with E-state index in [0.717, 1.165) is 41.3 Å². The molecule has 2 aliphatic rings. The third-order valence-corrected chi connectivity index (χ3v) is 8.27. The summed E-state index contributed by atoms with van der Waals surface area (Å²) in [7, 11) is -2.42. The molecule has 1 aromatic heterocycles. The van der Waals surface area contributed by atoms with Gasteiger partial charge in [0.05, 0.1) is 10.9 Å².